The predicted molar refractivity (Wildman–Crippen MR) is 82.4 cm³/mol. The van der Waals surface area contributed by atoms with Gasteiger partial charge in [0.15, 0.2) is 5.82 Å². The molecule has 21 heavy (non-hydrogen) atoms. The van der Waals surface area contributed by atoms with Gasteiger partial charge in [-0.15, -0.1) is 11.8 Å². The number of hydrogen-bond donors (Lipinski definition) is 1. The molecular weight excluding hydrogens is 308 g/mol. The predicted octanol–water partition coefficient (Wildman–Crippen LogP) is 4.39. The highest BCUT2D eigenvalue weighted by Gasteiger charge is 2.09. The molecule has 0 amide bonds. The van der Waals surface area contributed by atoms with E-state index in [1.54, 1.807) is 30.3 Å². The highest BCUT2D eigenvalue weighted by Crippen LogP contribution is 2.26. The van der Waals surface area contributed by atoms with Gasteiger partial charge in [-0.2, -0.15) is 4.98 Å². The van der Waals surface area contributed by atoms with Crippen molar-refractivity contribution in [2.24, 2.45) is 0 Å². The first-order valence-corrected chi connectivity index (χ1v) is 7.57. The number of aromatic nitrogens is 2. The quantitative estimate of drug-likeness (QED) is 0.723. The summed E-state index contributed by atoms with van der Waals surface area (Å²) in [6, 6.07) is 14.3. The van der Waals surface area contributed by atoms with Crippen molar-refractivity contribution in [1.29, 1.82) is 0 Å². The minimum absolute atomic E-state index is 0.245. The Morgan fingerprint density at radius 2 is 1.95 bits per heavy atom. The molecule has 0 bridgehead atoms. The van der Waals surface area contributed by atoms with E-state index in [-0.39, 0.29) is 5.75 Å². The van der Waals surface area contributed by atoms with Crippen LogP contribution in [0.3, 0.4) is 0 Å². The van der Waals surface area contributed by atoms with Gasteiger partial charge >= 0.3 is 0 Å². The van der Waals surface area contributed by atoms with E-state index < -0.39 is 0 Å². The zero-order valence-electron chi connectivity index (χ0n) is 10.9. The largest absolute Gasteiger partial charge is 0.508 e. The van der Waals surface area contributed by atoms with Crippen molar-refractivity contribution in [2.45, 2.75) is 10.6 Å². The topological polar surface area (TPSA) is 59.2 Å². The lowest BCUT2D eigenvalue weighted by atomic mass is 10.2. The minimum Gasteiger partial charge on any atom is -0.508 e. The van der Waals surface area contributed by atoms with Crippen LogP contribution < -0.4 is 0 Å². The van der Waals surface area contributed by atoms with Crippen molar-refractivity contribution in [3.63, 3.8) is 0 Å². The second-order valence-corrected chi connectivity index (χ2v) is 5.79. The van der Waals surface area contributed by atoms with Gasteiger partial charge in [0.25, 0.3) is 5.89 Å². The number of benzene rings is 2. The van der Waals surface area contributed by atoms with Gasteiger partial charge in [-0.3, -0.25) is 0 Å². The highest BCUT2D eigenvalue weighted by atomic mass is 35.5. The monoisotopic (exact) mass is 318 g/mol. The summed E-state index contributed by atoms with van der Waals surface area (Å²) in [4.78, 5) is 5.30. The fourth-order valence-corrected chi connectivity index (χ4v) is 2.66. The van der Waals surface area contributed by atoms with Crippen molar-refractivity contribution in [2.75, 3.05) is 0 Å². The molecule has 0 spiro atoms. The molecule has 3 aromatic rings. The summed E-state index contributed by atoms with van der Waals surface area (Å²) in [6.07, 6.45) is 0. The molecule has 1 N–H and O–H groups in total. The normalized spacial score (nSPS) is 10.7. The smallest absolute Gasteiger partial charge is 0.257 e. The van der Waals surface area contributed by atoms with E-state index in [2.05, 4.69) is 10.1 Å². The molecule has 0 unspecified atom stereocenters. The molecule has 0 saturated heterocycles. The summed E-state index contributed by atoms with van der Waals surface area (Å²) in [5, 5.41) is 14.0. The second-order valence-electron chi connectivity index (χ2n) is 4.31. The van der Waals surface area contributed by atoms with Crippen LogP contribution in [0, 0.1) is 0 Å². The lowest BCUT2D eigenvalue weighted by Gasteiger charge is -1.98. The van der Waals surface area contributed by atoms with Crippen molar-refractivity contribution in [3.05, 3.63) is 59.4 Å². The number of thioether (sulfide) groups is 1. The van der Waals surface area contributed by atoms with E-state index in [1.807, 2.05) is 18.2 Å². The van der Waals surface area contributed by atoms with Crippen molar-refractivity contribution < 1.29 is 9.63 Å². The summed E-state index contributed by atoms with van der Waals surface area (Å²) in [5.74, 6) is 1.89. The standard InChI is InChI=1S/C15H11ClN2O2S/c16-11-6-4-10(5-7-11)15-17-14(18-20-15)9-21-13-3-1-2-12(19)8-13/h1-8,19H,9H2. The zero-order valence-corrected chi connectivity index (χ0v) is 12.4. The first-order valence-electron chi connectivity index (χ1n) is 6.21. The molecule has 0 atom stereocenters. The average molecular weight is 319 g/mol. The summed E-state index contributed by atoms with van der Waals surface area (Å²) in [7, 11) is 0. The van der Waals surface area contributed by atoms with Crippen LogP contribution >= 0.6 is 23.4 Å². The first-order chi connectivity index (χ1) is 10.2. The van der Waals surface area contributed by atoms with Crippen LogP contribution in [0.5, 0.6) is 5.75 Å². The Morgan fingerprint density at radius 1 is 1.14 bits per heavy atom. The number of phenols is 1. The lowest BCUT2D eigenvalue weighted by Crippen LogP contribution is -1.84. The van der Waals surface area contributed by atoms with Crippen molar-refractivity contribution in [1.82, 2.24) is 10.1 Å². The Hall–Kier alpha value is -1.98. The van der Waals surface area contributed by atoms with E-state index >= 15 is 0 Å². The van der Waals surface area contributed by atoms with Crippen LogP contribution in [0.1, 0.15) is 5.82 Å². The summed E-state index contributed by atoms with van der Waals surface area (Å²) >= 11 is 7.38. The third kappa shape index (κ3) is 3.56. The number of nitrogens with zero attached hydrogens (tertiary/aromatic N) is 2. The number of hydrogen-bond acceptors (Lipinski definition) is 5. The van der Waals surface area contributed by atoms with E-state index in [9.17, 15) is 5.11 Å². The van der Waals surface area contributed by atoms with Gasteiger partial charge in [-0.05, 0) is 42.5 Å². The lowest BCUT2D eigenvalue weighted by molar-refractivity contribution is 0.425. The Morgan fingerprint density at radius 3 is 2.71 bits per heavy atom. The SMILES string of the molecule is Oc1cccc(SCc2noc(-c3ccc(Cl)cc3)n2)c1. The van der Waals surface area contributed by atoms with Gasteiger partial charge in [-0.1, -0.05) is 22.8 Å². The van der Waals surface area contributed by atoms with Crippen LogP contribution in [-0.2, 0) is 5.75 Å². The molecule has 1 aromatic heterocycles. The van der Waals surface area contributed by atoms with E-state index in [1.165, 1.54) is 11.8 Å². The van der Waals surface area contributed by atoms with Crippen LogP contribution in [0.25, 0.3) is 11.5 Å². The molecule has 4 nitrogen and oxygen atoms in total. The number of rotatable bonds is 4. The first kappa shape index (κ1) is 14.0. The molecule has 1 heterocycles. The van der Waals surface area contributed by atoms with Crippen molar-refractivity contribution >= 4 is 23.4 Å². The van der Waals surface area contributed by atoms with Crippen LogP contribution in [0.2, 0.25) is 5.02 Å². The summed E-state index contributed by atoms with van der Waals surface area (Å²) in [5.41, 5.74) is 0.834. The zero-order chi connectivity index (χ0) is 14.7. The molecule has 106 valence electrons. The molecule has 6 heteroatoms. The highest BCUT2D eigenvalue weighted by molar-refractivity contribution is 7.98. The minimum atomic E-state index is 0.245. The third-order valence-electron chi connectivity index (χ3n) is 2.74. The van der Waals surface area contributed by atoms with Gasteiger partial charge in [0.1, 0.15) is 5.75 Å². The fourth-order valence-electron chi connectivity index (χ4n) is 1.74. The van der Waals surface area contributed by atoms with E-state index in [0.29, 0.717) is 22.5 Å². The van der Waals surface area contributed by atoms with Gasteiger partial charge in [-0.25, -0.2) is 0 Å². The van der Waals surface area contributed by atoms with Gasteiger partial charge in [0, 0.05) is 15.5 Å². The number of halogens is 1. The molecule has 3 rings (SSSR count). The Kier molecular flexibility index (Phi) is 4.13. The molecule has 0 saturated carbocycles. The molecule has 0 radical (unpaired) electrons. The maximum atomic E-state index is 9.41. The van der Waals surface area contributed by atoms with Gasteiger partial charge < -0.3 is 9.63 Å². The molecule has 0 fully saturated rings. The molecule has 0 aliphatic rings. The number of aromatic hydroxyl groups is 1. The molecule has 2 aromatic carbocycles. The second kappa shape index (κ2) is 6.20. The van der Waals surface area contributed by atoms with Gasteiger partial charge in [0.05, 0.1) is 5.75 Å². The Balaban J connectivity index is 1.69. The summed E-state index contributed by atoms with van der Waals surface area (Å²) < 4.78 is 5.24. The van der Waals surface area contributed by atoms with E-state index in [4.69, 9.17) is 16.1 Å². The average Bonchev–Trinajstić information content (AvgIpc) is 2.95. The molecular formula is C15H11ClN2O2S. The number of phenolic OH excluding ortho intramolecular Hbond substituents is 1. The molecule has 0 aliphatic carbocycles. The van der Waals surface area contributed by atoms with Crippen LogP contribution in [-0.4, -0.2) is 15.2 Å². The fraction of sp³-hybridized carbons (Fsp3) is 0.0667. The Labute approximate surface area is 130 Å². The van der Waals surface area contributed by atoms with Crippen LogP contribution in [0.15, 0.2) is 57.9 Å². The van der Waals surface area contributed by atoms with Gasteiger partial charge in [0.2, 0.25) is 0 Å². The Bertz CT molecular complexity index is 743. The molecule has 0 aliphatic heterocycles. The maximum absolute atomic E-state index is 9.41. The third-order valence-corrected chi connectivity index (χ3v) is 3.99. The van der Waals surface area contributed by atoms with E-state index in [0.717, 1.165) is 10.5 Å². The van der Waals surface area contributed by atoms with Crippen LogP contribution in [0.4, 0.5) is 0 Å². The van der Waals surface area contributed by atoms with Crippen molar-refractivity contribution in [3.8, 4) is 17.2 Å². The maximum Gasteiger partial charge on any atom is 0.257 e. The summed E-state index contributed by atoms with van der Waals surface area (Å²) in [6.45, 7) is 0.